The molecule has 0 amide bonds. The number of aliphatic hydroxyl groups excluding tert-OH is 1. The molecule has 1 saturated carbocycles. The minimum atomic E-state index is -0.398. The van der Waals surface area contributed by atoms with E-state index in [0.717, 1.165) is 30.5 Å². The maximum atomic E-state index is 9.16. The third-order valence-corrected chi connectivity index (χ3v) is 2.98. The molecule has 0 aromatic heterocycles. The van der Waals surface area contributed by atoms with E-state index in [0.29, 0.717) is 0 Å². The molecule has 0 saturated heterocycles. The Hall–Kier alpha value is -1.53. The van der Waals surface area contributed by atoms with E-state index in [-0.39, 0.29) is 6.61 Å². The summed E-state index contributed by atoms with van der Waals surface area (Å²) < 4.78 is 0. The molecule has 2 rings (SSSR count). The lowest BCUT2D eigenvalue weighted by atomic mass is 9.78. The van der Waals surface area contributed by atoms with Crippen LogP contribution in [0.25, 0.3) is 0 Å². The molecule has 0 radical (unpaired) electrons. The molecule has 1 aromatic carbocycles. The molecule has 0 aliphatic heterocycles. The molecular weight excluding hydrogens is 188 g/mol. The van der Waals surface area contributed by atoms with Crippen molar-refractivity contribution in [3.8, 4) is 6.07 Å². The van der Waals surface area contributed by atoms with Gasteiger partial charge in [-0.3, -0.25) is 0 Å². The fourth-order valence-corrected chi connectivity index (χ4v) is 1.83. The lowest BCUT2D eigenvalue weighted by Crippen LogP contribution is -2.43. The van der Waals surface area contributed by atoms with Gasteiger partial charge in [0.05, 0.1) is 12.7 Å². The predicted molar refractivity (Wildman–Crippen MR) is 58.2 cm³/mol. The molecule has 78 valence electrons. The van der Waals surface area contributed by atoms with Crippen molar-refractivity contribution in [2.24, 2.45) is 0 Å². The van der Waals surface area contributed by atoms with Crippen molar-refractivity contribution in [3.05, 3.63) is 29.8 Å². The molecule has 15 heavy (non-hydrogen) atoms. The first-order valence-corrected chi connectivity index (χ1v) is 5.18. The van der Waals surface area contributed by atoms with E-state index >= 15 is 0 Å². The Kier molecular flexibility index (Phi) is 2.61. The second-order valence-corrected chi connectivity index (χ2v) is 3.99. The highest BCUT2D eigenvalue weighted by Crippen LogP contribution is 2.35. The summed E-state index contributed by atoms with van der Waals surface area (Å²) in [4.78, 5) is 0. The highest BCUT2D eigenvalue weighted by molar-refractivity contribution is 5.54. The minimum Gasteiger partial charge on any atom is -0.392 e. The van der Waals surface area contributed by atoms with Crippen LogP contribution < -0.4 is 5.32 Å². The van der Waals surface area contributed by atoms with Gasteiger partial charge in [-0.2, -0.15) is 5.26 Å². The average molecular weight is 202 g/mol. The number of hydrogen-bond donors (Lipinski definition) is 2. The quantitative estimate of drug-likeness (QED) is 0.788. The van der Waals surface area contributed by atoms with Gasteiger partial charge < -0.3 is 10.4 Å². The number of benzene rings is 1. The van der Waals surface area contributed by atoms with Crippen molar-refractivity contribution >= 4 is 5.69 Å². The van der Waals surface area contributed by atoms with Gasteiger partial charge in [-0.1, -0.05) is 18.2 Å². The zero-order chi connectivity index (χ0) is 10.7. The van der Waals surface area contributed by atoms with E-state index in [2.05, 4.69) is 11.4 Å². The van der Waals surface area contributed by atoms with Gasteiger partial charge >= 0.3 is 0 Å². The first kappa shape index (κ1) is 10.0. The third-order valence-electron chi connectivity index (χ3n) is 2.98. The number of para-hydroxylation sites is 1. The van der Waals surface area contributed by atoms with Gasteiger partial charge in [-0.05, 0) is 25.3 Å². The zero-order valence-corrected chi connectivity index (χ0v) is 8.53. The summed E-state index contributed by atoms with van der Waals surface area (Å²) >= 11 is 0. The molecule has 0 unspecified atom stereocenters. The largest absolute Gasteiger partial charge is 0.392 e. The molecule has 1 aliphatic carbocycles. The van der Waals surface area contributed by atoms with Gasteiger partial charge in [-0.15, -0.1) is 0 Å². The standard InChI is InChI=1S/C12H14N2O/c13-9-12(6-3-7-12)14-11-5-2-1-4-10(11)8-15/h1-2,4-5,14-15H,3,6-8H2. The van der Waals surface area contributed by atoms with E-state index in [1.54, 1.807) is 0 Å². The fourth-order valence-electron chi connectivity index (χ4n) is 1.83. The summed E-state index contributed by atoms with van der Waals surface area (Å²) in [6.07, 6.45) is 2.88. The lowest BCUT2D eigenvalue weighted by Gasteiger charge is -2.37. The normalized spacial score (nSPS) is 17.6. The van der Waals surface area contributed by atoms with Gasteiger partial charge in [0.15, 0.2) is 0 Å². The monoisotopic (exact) mass is 202 g/mol. The Labute approximate surface area is 89.4 Å². The van der Waals surface area contributed by atoms with Gasteiger partial charge in [0, 0.05) is 11.3 Å². The molecule has 0 atom stereocenters. The van der Waals surface area contributed by atoms with Crippen LogP contribution in [0.1, 0.15) is 24.8 Å². The molecule has 0 spiro atoms. The Bertz CT molecular complexity index is 391. The van der Waals surface area contributed by atoms with Gasteiger partial charge in [0.25, 0.3) is 0 Å². The molecule has 2 N–H and O–H groups in total. The number of nitriles is 1. The molecule has 0 bridgehead atoms. The van der Waals surface area contributed by atoms with Crippen molar-refractivity contribution < 1.29 is 5.11 Å². The third kappa shape index (κ3) is 1.81. The van der Waals surface area contributed by atoms with Crippen LogP contribution in [0.3, 0.4) is 0 Å². The van der Waals surface area contributed by atoms with E-state index in [9.17, 15) is 0 Å². The number of aliphatic hydroxyl groups is 1. The van der Waals surface area contributed by atoms with Crippen molar-refractivity contribution in [2.45, 2.75) is 31.4 Å². The van der Waals surface area contributed by atoms with Crippen LogP contribution in [0.5, 0.6) is 0 Å². The van der Waals surface area contributed by atoms with Crippen molar-refractivity contribution in [1.29, 1.82) is 5.26 Å². The smallest absolute Gasteiger partial charge is 0.125 e. The predicted octanol–water partition coefficient (Wildman–Crippen LogP) is 2.04. The molecule has 1 aliphatic rings. The molecule has 3 nitrogen and oxygen atoms in total. The van der Waals surface area contributed by atoms with Gasteiger partial charge in [0.2, 0.25) is 0 Å². The van der Waals surface area contributed by atoms with Crippen LogP contribution in [0.2, 0.25) is 0 Å². The summed E-state index contributed by atoms with van der Waals surface area (Å²) in [6, 6.07) is 9.89. The van der Waals surface area contributed by atoms with Gasteiger partial charge in [-0.25, -0.2) is 0 Å². The SMILES string of the molecule is N#CC1(Nc2ccccc2CO)CCC1. The highest BCUT2D eigenvalue weighted by Gasteiger charge is 2.37. The Morgan fingerprint density at radius 3 is 2.67 bits per heavy atom. The van der Waals surface area contributed by atoms with Crippen molar-refractivity contribution in [3.63, 3.8) is 0 Å². The lowest BCUT2D eigenvalue weighted by molar-refractivity contribution is 0.281. The van der Waals surface area contributed by atoms with Crippen LogP contribution in [0, 0.1) is 11.3 Å². The fraction of sp³-hybridized carbons (Fsp3) is 0.417. The summed E-state index contributed by atoms with van der Waals surface area (Å²) in [6.45, 7) is 0.00464. The number of nitrogens with zero attached hydrogens (tertiary/aromatic N) is 1. The summed E-state index contributed by atoms with van der Waals surface area (Å²) in [5, 5.41) is 21.5. The van der Waals surface area contributed by atoms with Crippen LogP contribution in [0.4, 0.5) is 5.69 Å². The van der Waals surface area contributed by atoms with E-state index in [1.807, 2.05) is 24.3 Å². The van der Waals surface area contributed by atoms with Crippen LogP contribution in [0.15, 0.2) is 24.3 Å². The number of nitrogens with one attached hydrogen (secondary N) is 1. The summed E-state index contributed by atoms with van der Waals surface area (Å²) in [7, 11) is 0. The van der Waals surface area contributed by atoms with Gasteiger partial charge in [0.1, 0.15) is 5.54 Å². The summed E-state index contributed by atoms with van der Waals surface area (Å²) in [5.41, 5.74) is 1.32. The number of rotatable bonds is 3. The maximum absolute atomic E-state index is 9.16. The molecule has 0 heterocycles. The number of anilines is 1. The summed E-state index contributed by atoms with van der Waals surface area (Å²) in [5.74, 6) is 0. The maximum Gasteiger partial charge on any atom is 0.125 e. The van der Waals surface area contributed by atoms with E-state index in [1.165, 1.54) is 0 Å². The molecular formula is C12H14N2O. The average Bonchev–Trinajstić information content (AvgIpc) is 2.24. The molecule has 1 fully saturated rings. The minimum absolute atomic E-state index is 0.00464. The second kappa shape index (κ2) is 3.92. The van der Waals surface area contributed by atoms with E-state index in [4.69, 9.17) is 10.4 Å². The Morgan fingerprint density at radius 1 is 1.40 bits per heavy atom. The molecule has 1 aromatic rings. The Morgan fingerprint density at radius 2 is 2.13 bits per heavy atom. The second-order valence-electron chi connectivity index (χ2n) is 3.99. The van der Waals surface area contributed by atoms with Crippen molar-refractivity contribution in [2.75, 3.05) is 5.32 Å². The van der Waals surface area contributed by atoms with Crippen molar-refractivity contribution in [1.82, 2.24) is 0 Å². The highest BCUT2D eigenvalue weighted by atomic mass is 16.3. The number of hydrogen-bond acceptors (Lipinski definition) is 3. The Balaban J connectivity index is 2.20. The van der Waals surface area contributed by atoms with Crippen LogP contribution in [-0.4, -0.2) is 10.6 Å². The van der Waals surface area contributed by atoms with Crippen LogP contribution in [-0.2, 0) is 6.61 Å². The van der Waals surface area contributed by atoms with E-state index < -0.39 is 5.54 Å². The van der Waals surface area contributed by atoms with Crippen LogP contribution >= 0.6 is 0 Å². The topological polar surface area (TPSA) is 56.0 Å². The first-order valence-electron chi connectivity index (χ1n) is 5.18. The first-order chi connectivity index (χ1) is 7.29. The molecule has 3 heteroatoms. The zero-order valence-electron chi connectivity index (χ0n) is 8.53.